The van der Waals surface area contributed by atoms with Gasteiger partial charge in [0.2, 0.25) is 0 Å². The summed E-state index contributed by atoms with van der Waals surface area (Å²) in [5, 5.41) is 3.43. The molecular formula is C15H24N2. The van der Waals surface area contributed by atoms with Crippen LogP contribution in [0.2, 0.25) is 0 Å². The molecule has 0 aromatic heterocycles. The summed E-state index contributed by atoms with van der Waals surface area (Å²) in [6, 6.07) is 8.78. The van der Waals surface area contributed by atoms with E-state index >= 15 is 0 Å². The molecule has 2 heteroatoms. The standard InChI is InChI=1S/C15H24N2/c1-3-14-6-4-5-7-15(14)17(2)12-13-8-10-16-11-9-13/h4-7,13,16H,3,8-12H2,1-2H3. The average Bonchev–Trinajstić information content (AvgIpc) is 2.40. The number of rotatable bonds is 4. The molecule has 1 fully saturated rings. The van der Waals surface area contributed by atoms with Crippen LogP contribution >= 0.6 is 0 Å². The Balaban J connectivity index is 2.00. The van der Waals surface area contributed by atoms with E-state index in [2.05, 4.69) is 48.5 Å². The average molecular weight is 232 g/mol. The van der Waals surface area contributed by atoms with Gasteiger partial charge in [-0.1, -0.05) is 25.1 Å². The second-order valence-electron chi connectivity index (χ2n) is 5.06. The lowest BCUT2D eigenvalue weighted by molar-refractivity contribution is 0.378. The summed E-state index contributed by atoms with van der Waals surface area (Å²) in [6.07, 6.45) is 3.75. The van der Waals surface area contributed by atoms with Crippen LogP contribution < -0.4 is 10.2 Å². The second-order valence-corrected chi connectivity index (χ2v) is 5.06. The van der Waals surface area contributed by atoms with Crippen molar-refractivity contribution in [3.05, 3.63) is 29.8 Å². The highest BCUT2D eigenvalue weighted by Crippen LogP contribution is 2.22. The normalized spacial score (nSPS) is 17.1. The van der Waals surface area contributed by atoms with Gasteiger partial charge in [0.05, 0.1) is 0 Å². The number of piperidine rings is 1. The number of para-hydroxylation sites is 1. The highest BCUT2D eigenvalue weighted by molar-refractivity contribution is 5.53. The number of hydrogen-bond donors (Lipinski definition) is 1. The minimum Gasteiger partial charge on any atom is -0.374 e. The van der Waals surface area contributed by atoms with Gasteiger partial charge in [0, 0.05) is 19.3 Å². The minimum absolute atomic E-state index is 0.853. The Morgan fingerprint density at radius 2 is 1.94 bits per heavy atom. The van der Waals surface area contributed by atoms with Crippen LogP contribution in [-0.2, 0) is 6.42 Å². The predicted octanol–water partition coefficient (Wildman–Crippen LogP) is 2.68. The Hall–Kier alpha value is -1.02. The van der Waals surface area contributed by atoms with Crippen LogP contribution in [-0.4, -0.2) is 26.7 Å². The van der Waals surface area contributed by atoms with Crippen molar-refractivity contribution in [1.82, 2.24) is 5.32 Å². The van der Waals surface area contributed by atoms with Crippen LogP contribution in [0.3, 0.4) is 0 Å². The fraction of sp³-hybridized carbons (Fsp3) is 0.600. The van der Waals surface area contributed by atoms with E-state index < -0.39 is 0 Å². The van der Waals surface area contributed by atoms with Crippen LogP contribution in [0.25, 0.3) is 0 Å². The summed E-state index contributed by atoms with van der Waals surface area (Å²) in [7, 11) is 2.23. The van der Waals surface area contributed by atoms with E-state index in [1.165, 1.54) is 43.7 Å². The van der Waals surface area contributed by atoms with Gasteiger partial charge < -0.3 is 10.2 Å². The first-order chi connectivity index (χ1) is 8.31. The molecule has 2 nitrogen and oxygen atoms in total. The number of aryl methyl sites for hydroxylation is 1. The van der Waals surface area contributed by atoms with E-state index in [4.69, 9.17) is 0 Å². The highest BCUT2D eigenvalue weighted by atomic mass is 15.1. The van der Waals surface area contributed by atoms with Crippen LogP contribution in [0.15, 0.2) is 24.3 Å². The summed E-state index contributed by atoms with van der Waals surface area (Å²) in [4.78, 5) is 2.44. The molecule has 94 valence electrons. The zero-order chi connectivity index (χ0) is 12.1. The Morgan fingerprint density at radius 1 is 1.24 bits per heavy atom. The Morgan fingerprint density at radius 3 is 2.65 bits per heavy atom. The summed E-state index contributed by atoms with van der Waals surface area (Å²) in [6.45, 7) is 5.80. The smallest absolute Gasteiger partial charge is 0.0396 e. The maximum absolute atomic E-state index is 3.43. The van der Waals surface area contributed by atoms with Gasteiger partial charge in [-0.3, -0.25) is 0 Å². The quantitative estimate of drug-likeness (QED) is 0.858. The molecule has 0 saturated carbocycles. The molecule has 17 heavy (non-hydrogen) atoms. The third-order valence-electron chi connectivity index (χ3n) is 3.77. The summed E-state index contributed by atoms with van der Waals surface area (Å²) >= 11 is 0. The van der Waals surface area contributed by atoms with Crippen LogP contribution in [0.4, 0.5) is 5.69 Å². The fourth-order valence-corrected chi connectivity index (χ4v) is 2.73. The summed E-state index contributed by atoms with van der Waals surface area (Å²) < 4.78 is 0. The number of anilines is 1. The number of hydrogen-bond acceptors (Lipinski definition) is 2. The molecule has 1 saturated heterocycles. The SMILES string of the molecule is CCc1ccccc1N(C)CC1CCNCC1. The van der Waals surface area contributed by atoms with Crippen molar-refractivity contribution in [2.24, 2.45) is 5.92 Å². The van der Waals surface area contributed by atoms with Crippen molar-refractivity contribution < 1.29 is 0 Å². The highest BCUT2D eigenvalue weighted by Gasteiger charge is 2.16. The van der Waals surface area contributed by atoms with Crippen molar-refractivity contribution in [3.8, 4) is 0 Å². The molecule has 0 aliphatic carbocycles. The van der Waals surface area contributed by atoms with Crippen molar-refractivity contribution in [3.63, 3.8) is 0 Å². The fourth-order valence-electron chi connectivity index (χ4n) is 2.73. The van der Waals surface area contributed by atoms with Crippen molar-refractivity contribution in [1.29, 1.82) is 0 Å². The molecule has 1 aromatic rings. The topological polar surface area (TPSA) is 15.3 Å². The van der Waals surface area contributed by atoms with Crippen LogP contribution in [0.5, 0.6) is 0 Å². The lowest BCUT2D eigenvalue weighted by Gasteiger charge is -2.30. The van der Waals surface area contributed by atoms with E-state index in [0.717, 1.165) is 12.3 Å². The molecule has 0 amide bonds. The first-order valence-corrected chi connectivity index (χ1v) is 6.81. The van der Waals surface area contributed by atoms with Crippen molar-refractivity contribution in [2.45, 2.75) is 26.2 Å². The zero-order valence-corrected chi connectivity index (χ0v) is 11.1. The van der Waals surface area contributed by atoms with E-state index in [1.54, 1.807) is 0 Å². The summed E-state index contributed by atoms with van der Waals surface area (Å²) in [5.74, 6) is 0.853. The number of nitrogens with one attached hydrogen (secondary N) is 1. The minimum atomic E-state index is 0.853. The predicted molar refractivity (Wildman–Crippen MR) is 74.7 cm³/mol. The van der Waals surface area contributed by atoms with E-state index in [1.807, 2.05) is 0 Å². The molecule has 2 rings (SSSR count). The second kappa shape index (κ2) is 6.06. The molecule has 0 unspecified atom stereocenters. The van der Waals surface area contributed by atoms with Gasteiger partial charge in [0.15, 0.2) is 0 Å². The molecule has 1 heterocycles. The van der Waals surface area contributed by atoms with E-state index in [9.17, 15) is 0 Å². The molecule has 0 radical (unpaired) electrons. The van der Waals surface area contributed by atoms with Gasteiger partial charge in [-0.05, 0) is 49.9 Å². The van der Waals surface area contributed by atoms with Crippen LogP contribution in [0.1, 0.15) is 25.3 Å². The molecule has 1 aromatic carbocycles. The van der Waals surface area contributed by atoms with Gasteiger partial charge in [-0.15, -0.1) is 0 Å². The first-order valence-electron chi connectivity index (χ1n) is 6.81. The molecule has 1 N–H and O–H groups in total. The van der Waals surface area contributed by atoms with Gasteiger partial charge in [-0.2, -0.15) is 0 Å². The molecule has 0 spiro atoms. The Labute approximate surface area is 105 Å². The Kier molecular flexibility index (Phi) is 4.43. The molecule has 1 aliphatic heterocycles. The van der Waals surface area contributed by atoms with Gasteiger partial charge in [-0.25, -0.2) is 0 Å². The van der Waals surface area contributed by atoms with Crippen molar-refractivity contribution in [2.75, 3.05) is 31.6 Å². The lowest BCUT2D eigenvalue weighted by Crippen LogP contribution is -2.34. The molecule has 0 bridgehead atoms. The van der Waals surface area contributed by atoms with Gasteiger partial charge >= 0.3 is 0 Å². The number of benzene rings is 1. The monoisotopic (exact) mass is 232 g/mol. The van der Waals surface area contributed by atoms with Gasteiger partial charge in [0.25, 0.3) is 0 Å². The molecule has 1 aliphatic rings. The maximum atomic E-state index is 3.43. The van der Waals surface area contributed by atoms with E-state index in [0.29, 0.717) is 0 Å². The number of nitrogens with zero attached hydrogens (tertiary/aromatic N) is 1. The lowest BCUT2D eigenvalue weighted by atomic mass is 9.97. The molecular weight excluding hydrogens is 208 g/mol. The Bertz CT molecular complexity index is 343. The van der Waals surface area contributed by atoms with Crippen molar-refractivity contribution >= 4 is 5.69 Å². The third-order valence-corrected chi connectivity index (χ3v) is 3.77. The van der Waals surface area contributed by atoms with Gasteiger partial charge in [0.1, 0.15) is 0 Å². The third kappa shape index (κ3) is 3.22. The summed E-state index contributed by atoms with van der Waals surface area (Å²) in [5.41, 5.74) is 2.87. The largest absolute Gasteiger partial charge is 0.374 e. The maximum Gasteiger partial charge on any atom is 0.0396 e. The first kappa shape index (κ1) is 12.4. The van der Waals surface area contributed by atoms with Crippen LogP contribution in [0, 0.1) is 5.92 Å². The van der Waals surface area contributed by atoms with E-state index in [-0.39, 0.29) is 0 Å². The zero-order valence-electron chi connectivity index (χ0n) is 11.1. The molecule has 0 atom stereocenters.